The largest absolute Gasteiger partial charge is 0.462 e. The molecule has 0 N–H and O–H groups in total. The van der Waals surface area contributed by atoms with E-state index in [4.69, 9.17) is 9.47 Å². The fourth-order valence-electron chi connectivity index (χ4n) is 2.29. The Balaban J connectivity index is 1.94. The Kier molecular flexibility index (Phi) is 5.73. The van der Waals surface area contributed by atoms with Crippen molar-refractivity contribution in [3.05, 3.63) is 70.3 Å². The molecule has 2 aromatic rings. The lowest BCUT2D eigenvalue weighted by molar-refractivity contribution is 0.0525. The Labute approximate surface area is 131 Å². The van der Waals surface area contributed by atoms with Gasteiger partial charge in [-0.3, -0.25) is 0 Å². The Hall–Kier alpha value is -2.13. The summed E-state index contributed by atoms with van der Waals surface area (Å²) in [7, 11) is 0. The molecule has 0 unspecified atom stereocenters. The van der Waals surface area contributed by atoms with Crippen LogP contribution in [0, 0.1) is 13.8 Å². The molecule has 2 rings (SSSR count). The molecule has 0 saturated heterocycles. The van der Waals surface area contributed by atoms with Crippen LogP contribution in [0.15, 0.2) is 42.5 Å². The second-order valence-corrected chi connectivity index (χ2v) is 5.34. The Morgan fingerprint density at radius 3 is 2.59 bits per heavy atom. The van der Waals surface area contributed by atoms with Crippen LogP contribution in [0.5, 0.6) is 0 Å². The molecular formula is C19H22O3. The first-order valence-electron chi connectivity index (χ1n) is 7.50. The van der Waals surface area contributed by atoms with Crippen LogP contribution in [0.3, 0.4) is 0 Å². The standard InChI is InChI=1S/C19H22O3/c1-4-22-19(20)17-7-5-6-16(11-17)12-21-13-18-9-8-14(2)10-15(18)3/h5-11H,4,12-13H2,1-3H3. The van der Waals surface area contributed by atoms with Crippen molar-refractivity contribution in [2.24, 2.45) is 0 Å². The summed E-state index contributed by atoms with van der Waals surface area (Å²) in [6.45, 7) is 7.39. The maximum absolute atomic E-state index is 11.7. The number of hydrogen-bond donors (Lipinski definition) is 0. The van der Waals surface area contributed by atoms with Gasteiger partial charge in [0.25, 0.3) is 0 Å². The van der Waals surface area contributed by atoms with E-state index in [-0.39, 0.29) is 5.97 Å². The molecule has 0 fully saturated rings. The van der Waals surface area contributed by atoms with Gasteiger partial charge in [0, 0.05) is 0 Å². The van der Waals surface area contributed by atoms with E-state index >= 15 is 0 Å². The van der Waals surface area contributed by atoms with Crippen molar-refractivity contribution in [1.29, 1.82) is 0 Å². The Morgan fingerprint density at radius 1 is 1.05 bits per heavy atom. The normalized spacial score (nSPS) is 10.5. The molecular weight excluding hydrogens is 276 g/mol. The molecule has 0 aliphatic rings. The number of rotatable bonds is 6. The van der Waals surface area contributed by atoms with E-state index in [9.17, 15) is 4.79 Å². The van der Waals surface area contributed by atoms with Gasteiger partial charge in [-0.25, -0.2) is 4.79 Å². The maximum Gasteiger partial charge on any atom is 0.338 e. The Bertz CT molecular complexity index is 647. The molecule has 22 heavy (non-hydrogen) atoms. The Morgan fingerprint density at radius 2 is 1.86 bits per heavy atom. The number of carbonyl (C=O) groups is 1. The van der Waals surface area contributed by atoms with Crippen LogP contribution in [0.25, 0.3) is 0 Å². The highest BCUT2D eigenvalue weighted by Gasteiger charge is 2.07. The average Bonchev–Trinajstić information content (AvgIpc) is 2.50. The summed E-state index contributed by atoms with van der Waals surface area (Å²) in [5.74, 6) is -0.293. The topological polar surface area (TPSA) is 35.5 Å². The van der Waals surface area contributed by atoms with Crippen molar-refractivity contribution in [3.63, 3.8) is 0 Å². The molecule has 0 saturated carbocycles. The van der Waals surface area contributed by atoms with Gasteiger partial charge in [-0.15, -0.1) is 0 Å². The predicted molar refractivity (Wildman–Crippen MR) is 86.8 cm³/mol. The zero-order valence-electron chi connectivity index (χ0n) is 13.4. The van der Waals surface area contributed by atoms with Crippen molar-refractivity contribution < 1.29 is 14.3 Å². The van der Waals surface area contributed by atoms with Crippen LogP contribution < -0.4 is 0 Å². The summed E-state index contributed by atoms with van der Waals surface area (Å²) in [6, 6.07) is 13.7. The summed E-state index contributed by atoms with van der Waals surface area (Å²) in [5, 5.41) is 0. The van der Waals surface area contributed by atoms with Gasteiger partial charge in [-0.05, 0) is 49.6 Å². The third-order valence-corrected chi connectivity index (χ3v) is 3.46. The highest BCUT2D eigenvalue weighted by Crippen LogP contribution is 2.14. The maximum atomic E-state index is 11.7. The smallest absolute Gasteiger partial charge is 0.338 e. The van der Waals surface area contributed by atoms with Crippen LogP contribution in [0.2, 0.25) is 0 Å². The summed E-state index contributed by atoms with van der Waals surface area (Å²) in [5.41, 5.74) is 5.21. The minimum Gasteiger partial charge on any atom is -0.462 e. The minimum absolute atomic E-state index is 0.293. The van der Waals surface area contributed by atoms with Gasteiger partial charge >= 0.3 is 5.97 Å². The molecule has 0 aliphatic carbocycles. The molecule has 3 nitrogen and oxygen atoms in total. The lowest BCUT2D eigenvalue weighted by atomic mass is 10.1. The quantitative estimate of drug-likeness (QED) is 0.750. The minimum atomic E-state index is -0.293. The van der Waals surface area contributed by atoms with Crippen molar-refractivity contribution in [3.8, 4) is 0 Å². The molecule has 0 amide bonds. The fourth-order valence-corrected chi connectivity index (χ4v) is 2.29. The van der Waals surface area contributed by atoms with Crippen molar-refractivity contribution in [2.75, 3.05) is 6.61 Å². The van der Waals surface area contributed by atoms with Gasteiger partial charge in [-0.2, -0.15) is 0 Å². The number of ether oxygens (including phenoxy) is 2. The average molecular weight is 298 g/mol. The van der Waals surface area contributed by atoms with Gasteiger partial charge in [0.2, 0.25) is 0 Å². The van der Waals surface area contributed by atoms with Crippen molar-refractivity contribution in [1.82, 2.24) is 0 Å². The molecule has 0 aromatic heterocycles. The van der Waals surface area contributed by atoms with Crippen LogP contribution in [-0.2, 0) is 22.7 Å². The molecule has 0 radical (unpaired) electrons. The van der Waals surface area contributed by atoms with Gasteiger partial charge < -0.3 is 9.47 Å². The SMILES string of the molecule is CCOC(=O)c1cccc(COCc2ccc(C)cc2C)c1. The van der Waals surface area contributed by atoms with Crippen LogP contribution >= 0.6 is 0 Å². The summed E-state index contributed by atoms with van der Waals surface area (Å²) in [6.07, 6.45) is 0. The van der Waals surface area contributed by atoms with Gasteiger partial charge in [0.05, 0.1) is 25.4 Å². The molecule has 0 atom stereocenters. The highest BCUT2D eigenvalue weighted by molar-refractivity contribution is 5.89. The van der Waals surface area contributed by atoms with Crippen molar-refractivity contribution >= 4 is 5.97 Å². The molecule has 0 heterocycles. The van der Waals surface area contributed by atoms with Crippen molar-refractivity contribution in [2.45, 2.75) is 34.0 Å². The van der Waals surface area contributed by atoms with E-state index < -0.39 is 0 Å². The second-order valence-electron chi connectivity index (χ2n) is 5.34. The molecule has 2 aromatic carbocycles. The summed E-state index contributed by atoms with van der Waals surface area (Å²) >= 11 is 0. The number of esters is 1. The van der Waals surface area contributed by atoms with E-state index in [1.807, 2.05) is 18.2 Å². The molecule has 3 heteroatoms. The van der Waals surface area contributed by atoms with E-state index in [2.05, 4.69) is 32.0 Å². The lowest BCUT2D eigenvalue weighted by Crippen LogP contribution is -2.05. The third-order valence-electron chi connectivity index (χ3n) is 3.46. The van der Waals surface area contributed by atoms with Gasteiger partial charge in [-0.1, -0.05) is 35.9 Å². The second kappa shape index (κ2) is 7.76. The number of benzene rings is 2. The molecule has 116 valence electrons. The van der Waals surface area contributed by atoms with Gasteiger partial charge in [0.15, 0.2) is 0 Å². The molecule has 0 spiro atoms. The first-order valence-corrected chi connectivity index (χ1v) is 7.50. The molecule has 0 aliphatic heterocycles. The highest BCUT2D eigenvalue weighted by atomic mass is 16.5. The first kappa shape index (κ1) is 16.2. The zero-order chi connectivity index (χ0) is 15.9. The summed E-state index contributed by atoms with van der Waals surface area (Å²) < 4.78 is 10.8. The zero-order valence-corrected chi connectivity index (χ0v) is 13.4. The fraction of sp³-hybridized carbons (Fsp3) is 0.316. The van der Waals surface area contributed by atoms with E-state index in [1.165, 1.54) is 16.7 Å². The van der Waals surface area contributed by atoms with Crippen LogP contribution in [0.4, 0.5) is 0 Å². The predicted octanol–water partition coefficient (Wildman–Crippen LogP) is 4.20. The number of carbonyl (C=O) groups excluding carboxylic acids is 1. The number of hydrogen-bond acceptors (Lipinski definition) is 3. The lowest BCUT2D eigenvalue weighted by Gasteiger charge is -2.09. The molecule has 0 bridgehead atoms. The van der Waals surface area contributed by atoms with Crippen LogP contribution in [-0.4, -0.2) is 12.6 Å². The third kappa shape index (κ3) is 4.43. The monoisotopic (exact) mass is 298 g/mol. The van der Waals surface area contributed by atoms with E-state index in [0.29, 0.717) is 25.4 Å². The van der Waals surface area contributed by atoms with E-state index in [0.717, 1.165) is 5.56 Å². The summed E-state index contributed by atoms with van der Waals surface area (Å²) in [4.78, 5) is 11.7. The number of aryl methyl sites for hydroxylation is 2. The van der Waals surface area contributed by atoms with E-state index in [1.54, 1.807) is 13.0 Å². The van der Waals surface area contributed by atoms with Gasteiger partial charge in [0.1, 0.15) is 0 Å². The van der Waals surface area contributed by atoms with Crippen LogP contribution in [0.1, 0.15) is 39.5 Å². The first-order chi connectivity index (χ1) is 10.6.